The highest BCUT2D eigenvalue weighted by Crippen LogP contribution is 2.30. The number of ether oxygens (including phenoxy) is 1. The van der Waals surface area contributed by atoms with Gasteiger partial charge >= 0.3 is 16.4 Å². The van der Waals surface area contributed by atoms with Crippen molar-refractivity contribution in [3.05, 3.63) is 0 Å². The van der Waals surface area contributed by atoms with Crippen LogP contribution in [0.25, 0.3) is 0 Å². The van der Waals surface area contributed by atoms with Gasteiger partial charge in [0, 0.05) is 38.3 Å². The van der Waals surface area contributed by atoms with Gasteiger partial charge in [0.25, 0.3) is 5.91 Å². The quantitative estimate of drug-likeness (QED) is 0.297. The Hall–Kier alpha value is -1.55. The summed E-state index contributed by atoms with van der Waals surface area (Å²) in [7, 11) is -4.82. The van der Waals surface area contributed by atoms with Gasteiger partial charge in [0.15, 0.2) is 0 Å². The van der Waals surface area contributed by atoms with Crippen LogP contribution < -0.4 is 10.8 Å². The van der Waals surface area contributed by atoms with Crippen LogP contribution in [0, 0.1) is 0 Å². The second-order valence-corrected chi connectivity index (χ2v) is 8.93. The summed E-state index contributed by atoms with van der Waals surface area (Å²) in [6.45, 7) is 4.63. The van der Waals surface area contributed by atoms with Gasteiger partial charge in [0.2, 0.25) is 0 Å². The Bertz CT molecular complexity index is 761. The molecule has 2 bridgehead atoms. The van der Waals surface area contributed by atoms with Crippen molar-refractivity contribution in [2.24, 2.45) is 0 Å². The fourth-order valence-corrected chi connectivity index (χ4v) is 4.92. The summed E-state index contributed by atoms with van der Waals surface area (Å²) < 4.78 is 40.4. The Morgan fingerprint density at radius 3 is 2.77 bits per heavy atom. The number of hydrogen-bond acceptors (Lipinski definition) is 9. The highest BCUT2D eigenvalue weighted by Gasteiger charge is 2.49. The molecule has 4 aliphatic heterocycles. The number of carbonyl (C=O) groups excluding carboxylic acids is 2. The Labute approximate surface area is 174 Å². The van der Waals surface area contributed by atoms with Crippen LogP contribution in [0.5, 0.6) is 0 Å². The lowest BCUT2D eigenvalue weighted by Crippen LogP contribution is -2.50. The molecule has 3 N–H and O–H groups in total. The van der Waals surface area contributed by atoms with Crippen LogP contribution in [0.4, 0.5) is 4.79 Å². The SMILES string of the molecule is O=C(NOC[C@@H]1C[C@H](N2CCOCC2)CN1)C1CCC2CN1C(=O)N2OS(=O)(=O)O. The standard InChI is InChI=1S/C16H27N5O8S/c22-15(14-2-1-12-9-20(14)16(23)21(12)29-30(24,25)26)18-28-10-11-7-13(8-17-11)19-3-5-27-6-4-19/h11-14,17H,1-10H2,(H,18,22)(H,24,25,26)/t11-,12?,13-,14?/m0/s1. The summed E-state index contributed by atoms with van der Waals surface area (Å²) in [5.41, 5.74) is 2.41. The number of carbonyl (C=O) groups is 2. The zero-order valence-corrected chi connectivity index (χ0v) is 17.3. The molecule has 4 heterocycles. The average molecular weight is 449 g/mol. The number of fused-ring (bicyclic) bond motifs is 2. The van der Waals surface area contributed by atoms with E-state index in [0.717, 1.165) is 39.3 Å². The number of hydrogen-bond donors (Lipinski definition) is 3. The third-order valence-corrected chi connectivity index (χ3v) is 6.37. The Balaban J connectivity index is 1.22. The summed E-state index contributed by atoms with van der Waals surface area (Å²) in [6, 6.07) is -1.57. The predicted octanol–water partition coefficient (Wildman–Crippen LogP) is -1.90. The number of amides is 3. The highest BCUT2D eigenvalue weighted by molar-refractivity contribution is 7.80. The molecular weight excluding hydrogens is 422 g/mol. The van der Waals surface area contributed by atoms with Gasteiger partial charge in [-0.05, 0) is 19.3 Å². The van der Waals surface area contributed by atoms with Gasteiger partial charge in [0.05, 0.1) is 25.9 Å². The average Bonchev–Trinajstić information content (AvgIpc) is 3.27. The van der Waals surface area contributed by atoms with Crippen molar-refractivity contribution in [2.45, 2.75) is 43.4 Å². The lowest BCUT2D eigenvalue weighted by molar-refractivity contribution is -0.139. The van der Waals surface area contributed by atoms with E-state index < -0.39 is 34.4 Å². The lowest BCUT2D eigenvalue weighted by Gasteiger charge is -2.31. The number of hydroxylamine groups is 3. The molecule has 13 nitrogen and oxygen atoms in total. The number of morpholine rings is 1. The first-order valence-electron chi connectivity index (χ1n) is 10.1. The van der Waals surface area contributed by atoms with Crippen LogP contribution >= 0.6 is 0 Å². The fraction of sp³-hybridized carbons (Fsp3) is 0.875. The van der Waals surface area contributed by atoms with E-state index >= 15 is 0 Å². The molecule has 14 heteroatoms. The molecule has 0 radical (unpaired) electrons. The van der Waals surface area contributed by atoms with Crippen LogP contribution in [-0.4, -0.2) is 110 Å². The van der Waals surface area contributed by atoms with Crippen molar-refractivity contribution in [3.8, 4) is 0 Å². The molecule has 4 rings (SSSR count). The third kappa shape index (κ3) is 4.85. The van der Waals surface area contributed by atoms with Gasteiger partial charge < -0.3 is 15.0 Å². The van der Waals surface area contributed by atoms with Crippen molar-refractivity contribution in [1.82, 2.24) is 25.7 Å². The Morgan fingerprint density at radius 1 is 1.27 bits per heavy atom. The van der Waals surface area contributed by atoms with Crippen LogP contribution in [0.2, 0.25) is 0 Å². The highest BCUT2D eigenvalue weighted by atomic mass is 32.3. The van der Waals surface area contributed by atoms with Crippen molar-refractivity contribution in [1.29, 1.82) is 0 Å². The van der Waals surface area contributed by atoms with E-state index in [-0.39, 0.29) is 12.6 Å². The minimum Gasteiger partial charge on any atom is -0.379 e. The minimum atomic E-state index is -4.82. The van der Waals surface area contributed by atoms with Crippen LogP contribution in [0.15, 0.2) is 0 Å². The van der Waals surface area contributed by atoms with Crippen molar-refractivity contribution >= 4 is 22.3 Å². The van der Waals surface area contributed by atoms with E-state index in [1.807, 2.05) is 0 Å². The zero-order chi connectivity index (χ0) is 21.3. The van der Waals surface area contributed by atoms with E-state index in [2.05, 4.69) is 20.0 Å². The van der Waals surface area contributed by atoms with Crippen molar-refractivity contribution in [3.63, 3.8) is 0 Å². The van der Waals surface area contributed by atoms with Crippen LogP contribution in [0.1, 0.15) is 19.3 Å². The molecule has 0 saturated carbocycles. The third-order valence-electron chi connectivity index (χ3n) is 6.02. The van der Waals surface area contributed by atoms with E-state index in [4.69, 9.17) is 14.1 Å². The zero-order valence-electron chi connectivity index (χ0n) is 16.4. The van der Waals surface area contributed by atoms with E-state index in [9.17, 15) is 18.0 Å². The lowest BCUT2D eigenvalue weighted by atomic mass is 10.0. The maximum atomic E-state index is 12.5. The normalized spacial score (nSPS) is 32.6. The number of piperidine rings is 1. The molecule has 2 unspecified atom stereocenters. The molecule has 0 aliphatic carbocycles. The summed E-state index contributed by atoms with van der Waals surface area (Å²) >= 11 is 0. The minimum absolute atomic E-state index is 0.112. The van der Waals surface area contributed by atoms with Crippen LogP contribution in [-0.2, 0) is 29.1 Å². The van der Waals surface area contributed by atoms with E-state index in [1.54, 1.807) is 0 Å². The summed E-state index contributed by atoms with van der Waals surface area (Å²) in [4.78, 5) is 33.9. The molecule has 30 heavy (non-hydrogen) atoms. The summed E-state index contributed by atoms with van der Waals surface area (Å²) in [5.74, 6) is -0.474. The van der Waals surface area contributed by atoms with Gasteiger partial charge in [-0.3, -0.25) is 19.1 Å². The number of urea groups is 1. The molecule has 4 atom stereocenters. The molecule has 0 spiro atoms. The predicted molar refractivity (Wildman–Crippen MR) is 100 cm³/mol. The number of nitrogens with zero attached hydrogens (tertiary/aromatic N) is 3. The van der Waals surface area contributed by atoms with Crippen LogP contribution in [0.3, 0.4) is 0 Å². The first-order valence-corrected chi connectivity index (χ1v) is 11.4. The Kier molecular flexibility index (Phi) is 6.43. The Morgan fingerprint density at radius 2 is 2.03 bits per heavy atom. The fourth-order valence-electron chi connectivity index (χ4n) is 4.53. The molecule has 0 aromatic rings. The smallest absolute Gasteiger partial charge is 0.379 e. The molecule has 170 valence electrons. The largest absolute Gasteiger partial charge is 0.418 e. The van der Waals surface area contributed by atoms with Gasteiger partial charge in [-0.15, -0.1) is 4.28 Å². The first kappa shape index (κ1) is 21.7. The molecule has 3 amide bonds. The molecule has 0 aromatic carbocycles. The first-order chi connectivity index (χ1) is 14.3. The van der Waals surface area contributed by atoms with Gasteiger partial charge in [-0.1, -0.05) is 0 Å². The van der Waals surface area contributed by atoms with E-state index in [0.29, 0.717) is 30.6 Å². The molecular formula is C16H27N5O8S. The second-order valence-electron chi connectivity index (χ2n) is 7.93. The summed E-state index contributed by atoms with van der Waals surface area (Å²) in [5, 5.41) is 4.00. The molecule has 4 aliphatic rings. The van der Waals surface area contributed by atoms with Gasteiger partial charge in [-0.25, -0.2) is 10.3 Å². The summed E-state index contributed by atoms with van der Waals surface area (Å²) in [6.07, 6.45) is 1.60. The second kappa shape index (κ2) is 8.90. The van der Waals surface area contributed by atoms with Gasteiger partial charge in [-0.2, -0.15) is 13.5 Å². The maximum absolute atomic E-state index is 12.5. The number of rotatable bonds is 7. The van der Waals surface area contributed by atoms with Crippen molar-refractivity contribution in [2.75, 3.05) is 46.0 Å². The number of nitrogens with one attached hydrogen (secondary N) is 2. The molecule has 4 saturated heterocycles. The van der Waals surface area contributed by atoms with Gasteiger partial charge in [0.1, 0.15) is 6.04 Å². The monoisotopic (exact) mass is 449 g/mol. The maximum Gasteiger partial charge on any atom is 0.418 e. The topological polar surface area (TPSA) is 150 Å². The van der Waals surface area contributed by atoms with E-state index in [1.165, 1.54) is 4.90 Å². The molecule has 4 fully saturated rings. The van der Waals surface area contributed by atoms with Crippen molar-refractivity contribution < 1.29 is 36.4 Å². The molecule has 0 aromatic heterocycles.